The number of aromatic carboxylic acids is 1. The number of carboxylic acids is 1. The van der Waals surface area contributed by atoms with Gasteiger partial charge >= 0.3 is 5.97 Å². The maximum Gasteiger partial charge on any atom is 0.336 e. The summed E-state index contributed by atoms with van der Waals surface area (Å²) in [5, 5.41) is 14.9. The van der Waals surface area contributed by atoms with E-state index in [1.54, 1.807) is 22.8 Å². The largest absolute Gasteiger partial charge is 0.478 e. The van der Waals surface area contributed by atoms with E-state index in [-0.39, 0.29) is 0 Å². The van der Waals surface area contributed by atoms with Crippen LogP contribution < -0.4 is 0 Å². The van der Waals surface area contributed by atoms with Gasteiger partial charge in [-0.1, -0.05) is 5.16 Å². The summed E-state index contributed by atoms with van der Waals surface area (Å²) >= 11 is 1.54. The Balaban J connectivity index is 1.46. The lowest BCUT2D eigenvalue weighted by Crippen LogP contribution is -2.41. The van der Waals surface area contributed by atoms with Crippen molar-refractivity contribution in [1.82, 2.24) is 15.0 Å². The molecule has 2 aliphatic heterocycles. The van der Waals surface area contributed by atoms with Crippen LogP contribution >= 0.6 is 11.3 Å². The summed E-state index contributed by atoms with van der Waals surface area (Å²) in [5.41, 5.74) is 0.398. The van der Waals surface area contributed by atoms with Crippen LogP contribution in [0.2, 0.25) is 0 Å². The lowest BCUT2D eigenvalue weighted by molar-refractivity contribution is 0.0697. The van der Waals surface area contributed by atoms with Crippen molar-refractivity contribution in [3.63, 3.8) is 0 Å². The first-order valence-electron chi connectivity index (χ1n) is 7.97. The number of rotatable bonds is 4. The average Bonchev–Trinajstić information content (AvgIpc) is 3.20. The van der Waals surface area contributed by atoms with Crippen molar-refractivity contribution in [2.75, 3.05) is 0 Å². The highest BCUT2D eigenvalue weighted by molar-refractivity contribution is 7.10. The van der Waals surface area contributed by atoms with Crippen LogP contribution in [-0.2, 0) is 6.54 Å². The molecule has 2 atom stereocenters. The fourth-order valence-electron chi connectivity index (χ4n) is 3.98. The van der Waals surface area contributed by atoms with Gasteiger partial charge in [0.15, 0.2) is 5.82 Å². The second-order valence-corrected chi connectivity index (χ2v) is 7.50. The zero-order chi connectivity index (χ0) is 16.0. The molecule has 0 aromatic carbocycles. The zero-order valence-electron chi connectivity index (χ0n) is 12.9. The third-order valence-electron chi connectivity index (χ3n) is 5.03. The number of fused-ring (bicyclic) bond motifs is 2. The van der Waals surface area contributed by atoms with Crippen molar-refractivity contribution in [3.8, 4) is 0 Å². The third kappa shape index (κ3) is 2.79. The molecule has 2 aromatic rings. The second-order valence-electron chi connectivity index (χ2n) is 6.50. The Morgan fingerprint density at radius 2 is 2.17 bits per heavy atom. The fourth-order valence-corrected chi connectivity index (χ4v) is 4.85. The summed E-state index contributed by atoms with van der Waals surface area (Å²) in [6.45, 7) is 2.68. The molecule has 0 radical (unpaired) electrons. The predicted octanol–water partition coefficient (Wildman–Crippen LogP) is 3.05. The van der Waals surface area contributed by atoms with Crippen LogP contribution in [-0.4, -0.2) is 38.2 Å². The number of aromatic nitrogens is 2. The summed E-state index contributed by atoms with van der Waals surface area (Å²) in [6.07, 6.45) is 4.53. The number of aryl methyl sites for hydroxylation is 1. The summed E-state index contributed by atoms with van der Waals surface area (Å²) in [6, 6.07) is 2.88. The standard InChI is InChI=1S/C16H19N3O3S/c1-9-17-15(18-22-9)10-4-12-2-3-13(5-10)19(12)7-14-6-11(8-23-14)16(20)21/h6,8,10,12-13H,2-5,7H2,1H3,(H,20,21). The number of thiophene rings is 1. The number of hydrogen-bond donors (Lipinski definition) is 1. The van der Waals surface area contributed by atoms with E-state index in [1.807, 2.05) is 6.92 Å². The number of piperidine rings is 1. The molecular formula is C16H19N3O3S. The number of nitrogens with zero attached hydrogens (tertiary/aromatic N) is 3. The van der Waals surface area contributed by atoms with E-state index in [2.05, 4.69) is 15.0 Å². The van der Waals surface area contributed by atoms with Crippen molar-refractivity contribution >= 4 is 17.3 Å². The number of carbonyl (C=O) groups is 1. The summed E-state index contributed by atoms with van der Waals surface area (Å²) in [7, 11) is 0. The van der Waals surface area contributed by atoms with Crippen molar-refractivity contribution < 1.29 is 14.4 Å². The maximum absolute atomic E-state index is 11.0. The lowest BCUT2D eigenvalue weighted by atomic mass is 9.90. The smallest absolute Gasteiger partial charge is 0.336 e. The Kier molecular flexibility index (Phi) is 3.69. The molecule has 7 heteroatoms. The average molecular weight is 333 g/mol. The predicted molar refractivity (Wildman–Crippen MR) is 84.6 cm³/mol. The van der Waals surface area contributed by atoms with Crippen LogP contribution in [0.25, 0.3) is 0 Å². The van der Waals surface area contributed by atoms with Gasteiger partial charge < -0.3 is 9.63 Å². The normalized spacial score (nSPS) is 27.4. The first-order chi connectivity index (χ1) is 11.1. The van der Waals surface area contributed by atoms with Gasteiger partial charge in [-0.2, -0.15) is 4.98 Å². The molecule has 122 valence electrons. The van der Waals surface area contributed by atoms with E-state index in [0.29, 0.717) is 29.5 Å². The van der Waals surface area contributed by atoms with Crippen molar-refractivity contribution in [1.29, 1.82) is 0 Å². The van der Waals surface area contributed by atoms with Gasteiger partial charge in [0.05, 0.1) is 5.56 Å². The molecule has 2 fully saturated rings. The van der Waals surface area contributed by atoms with Gasteiger partial charge in [-0.3, -0.25) is 4.90 Å². The molecule has 0 amide bonds. The van der Waals surface area contributed by atoms with Crippen LogP contribution in [0.1, 0.15) is 58.6 Å². The first kappa shape index (κ1) is 14.8. The molecule has 2 unspecified atom stereocenters. The SMILES string of the molecule is Cc1nc(C2CC3CCC(C2)N3Cc2cc(C(=O)O)cs2)no1. The summed E-state index contributed by atoms with van der Waals surface area (Å²) < 4.78 is 5.13. The van der Waals surface area contributed by atoms with Gasteiger partial charge in [0, 0.05) is 41.7 Å². The molecule has 1 N–H and O–H groups in total. The molecule has 4 rings (SSSR count). The molecular weight excluding hydrogens is 314 g/mol. The Morgan fingerprint density at radius 1 is 1.43 bits per heavy atom. The summed E-state index contributed by atoms with van der Waals surface area (Å²) in [4.78, 5) is 19.1. The van der Waals surface area contributed by atoms with Crippen LogP contribution in [0.5, 0.6) is 0 Å². The van der Waals surface area contributed by atoms with E-state index in [9.17, 15) is 4.79 Å². The topological polar surface area (TPSA) is 79.5 Å². The van der Waals surface area contributed by atoms with Crippen LogP contribution in [0, 0.1) is 6.92 Å². The maximum atomic E-state index is 11.0. The van der Waals surface area contributed by atoms with Gasteiger partial charge in [-0.05, 0) is 31.7 Å². The highest BCUT2D eigenvalue weighted by atomic mass is 32.1. The molecule has 2 aliphatic rings. The fraction of sp³-hybridized carbons (Fsp3) is 0.562. The van der Waals surface area contributed by atoms with Crippen molar-refractivity contribution in [2.45, 2.75) is 57.2 Å². The molecule has 6 nitrogen and oxygen atoms in total. The van der Waals surface area contributed by atoms with Gasteiger partial charge in [-0.25, -0.2) is 4.79 Å². The molecule has 2 aromatic heterocycles. The third-order valence-corrected chi connectivity index (χ3v) is 5.95. The molecule has 23 heavy (non-hydrogen) atoms. The highest BCUT2D eigenvalue weighted by Crippen LogP contribution is 2.43. The molecule has 0 aliphatic carbocycles. The molecule has 2 saturated heterocycles. The van der Waals surface area contributed by atoms with E-state index in [0.717, 1.165) is 30.1 Å². The minimum atomic E-state index is -0.846. The monoisotopic (exact) mass is 333 g/mol. The molecule has 0 saturated carbocycles. The minimum Gasteiger partial charge on any atom is -0.478 e. The van der Waals surface area contributed by atoms with Crippen LogP contribution in [0.4, 0.5) is 0 Å². The molecule has 4 heterocycles. The van der Waals surface area contributed by atoms with Gasteiger partial charge in [0.2, 0.25) is 5.89 Å². The van der Waals surface area contributed by atoms with E-state index >= 15 is 0 Å². The highest BCUT2D eigenvalue weighted by Gasteiger charge is 2.42. The Bertz CT molecular complexity index is 712. The second kappa shape index (κ2) is 5.72. The molecule has 2 bridgehead atoms. The summed E-state index contributed by atoms with van der Waals surface area (Å²) in [5.74, 6) is 1.03. The van der Waals surface area contributed by atoms with Gasteiger partial charge in [0.1, 0.15) is 0 Å². The van der Waals surface area contributed by atoms with Crippen molar-refractivity contribution in [3.05, 3.63) is 33.6 Å². The van der Waals surface area contributed by atoms with E-state index < -0.39 is 5.97 Å². The van der Waals surface area contributed by atoms with Gasteiger partial charge in [-0.15, -0.1) is 11.3 Å². The Labute approximate surface area is 138 Å². The number of hydrogen-bond acceptors (Lipinski definition) is 6. The minimum absolute atomic E-state index is 0.388. The van der Waals surface area contributed by atoms with Gasteiger partial charge in [0.25, 0.3) is 0 Å². The van der Waals surface area contributed by atoms with Crippen LogP contribution in [0.3, 0.4) is 0 Å². The first-order valence-corrected chi connectivity index (χ1v) is 8.85. The van der Waals surface area contributed by atoms with E-state index in [4.69, 9.17) is 9.63 Å². The lowest BCUT2D eigenvalue weighted by Gasteiger charge is -2.37. The Morgan fingerprint density at radius 3 is 2.74 bits per heavy atom. The van der Waals surface area contributed by atoms with E-state index in [1.165, 1.54) is 12.8 Å². The molecule has 0 spiro atoms. The van der Waals surface area contributed by atoms with Crippen molar-refractivity contribution in [2.24, 2.45) is 0 Å². The Hall–Kier alpha value is -1.73. The number of carboxylic acid groups (broad SMARTS) is 1. The van der Waals surface area contributed by atoms with Crippen LogP contribution in [0.15, 0.2) is 16.0 Å². The zero-order valence-corrected chi connectivity index (χ0v) is 13.8. The quantitative estimate of drug-likeness (QED) is 0.926.